The predicted molar refractivity (Wildman–Crippen MR) is 79.2 cm³/mol. The maximum atomic E-state index is 11.1. The van der Waals surface area contributed by atoms with Gasteiger partial charge in [-0.2, -0.15) is 0 Å². The minimum atomic E-state index is -0.924. The zero-order valence-electron chi connectivity index (χ0n) is 10.8. The highest BCUT2D eigenvalue weighted by Gasteiger charge is 2.20. The van der Waals surface area contributed by atoms with Crippen molar-refractivity contribution in [3.63, 3.8) is 0 Å². The normalized spacial score (nSPS) is 15.8. The number of carboxylic acids is 1. The molecule has 106 valence electrons. The van der Waals surface area contributed by atoms with Crippen molar-refractivity contribution in [1.29, 1.82) is 0 Å². The Morgan fingerprint density at radius 1 is 1.45 bits per heavy atom. The molecule has 0 aromatic carbocycles. The van der Waals surface area contributed by atoms with E-state index >= 15 is 0 Å². The first-order valence-corrected chi connectivity index (χ1v) is 8.14. The summed E-state index contributed by atoms with van der Waals surface area (Å²) in [6.07, 6.45) is 1.91. The van der Waals surface area contributed by atoms with Crippen LogP contribution in [0.15, 0.2) is 11.2 Å². The van der Waals surface area contributed by atoms with Crippen molar-refractivity contribution in [3.8, 4) is 0 Å². The fourth-order valence-electron chi connectivity index (χ4n) is 2.10. The highest BCUT2D eigenvalue weighted by atomic mass is 32.2. The van der Waals surface area contributed by atoms with Gasteiger partial charge >= 0.3 is 5.97 Å². The predicted octanol–water partition coefficient (Wildman–Crippen LogP) is 1.95. The van der Waals surface area contributed by atoms with Gasteiger partial charge in [0.15, 0.2) is 5.16 Å². The summed E-state index contributed by atoms with van der Waals surface area (Å²) >= 11 is 2.65. The first kappa shape index (κ1) is 13.6. The number of rotatable bonds is 3. The molecule has 8 heteroatoms. The van der Waals surface area contributed by atoms with E-state index in [1.54, 1.807) is 6.07 Å². The summed E-state index contributed by atoms with van der Waals surface area (Å²) in [6, 6.07) is 1.66. The lowest BCUT2D eigenvalue weighted by Crippen LogP contribution is -2.37. The monoisotopic (exact) mass is 311 g/mol. The molecule has 3 heterocycles. The number of morpholine rings is 1. The van der Waals surface area contributed by atoms with Gasteiger partial charge in [0.2, 0.25) is 0 Å². The van der Waals surface area contributed by atoms with Crippen LogP contribution < -0.4 is 4.90 Å². The maximum Gasteiger partial charge on any atom is 0.345 e. The second kappa shape index (κ2) is 5.55. The number of aromatic nitrogens is 2. The van der Waals surface area contributed by atoms with Crippen LogP contribution in [0.25, 0.3) is 10.2 Å². The highest BCUT2D eigenvalue weighted by molar-refractivity contribution is 7.98. The lowest BCUT2D eigenvalue weighted by atomic mass is 10.3. The third-order valence-electron chi connectivity index (χ3n) is 3.06. The Bertz CT molecular complexity index is 653. The highest BCUT2D eigenvalue weighted by Crippen LogP contribution is 2.33. The Morgan fingerprint density at radius 2 is 2.20 bits per heavy atom. The van der Waals surface area contributed by atoms with Gasteiger partial charge in [-0.25, -0.2) is 14.8 Å². The molecule has 2 aromatic rings. The van der Waals surface area contributed by atoms with E-state index in [-0.39, 0.29) is 0 Å². The molecular weight excluding hydrogens is 298 g/mol. The number of anilines is 1. The molecule has 0 amide bonds. The molecule has 0 bridgehead atoms. The van der Waals surface area contributed by atoms with Gasteiger partial charge in [0, 0.05) is 13.1 Å². The molecule has 1 aliphatic rings. The number of carbonyl (C=O) groups is 1. The minimum Gasteiger partial charge on any atom is -0.477 e. The fourth-order valence-corrected chi connectivity index (χ4v) is 3.38. The number of thiophene rings is 1. The molecule has 1 fully saturated rings. The van der Waals surface area contributed by atoms with E-state index in [0.29, 0.717) is 23.2 Å². The Kier molecular flexibility index (Phi) is 3.77. The SMILES string of the molecule is CSc1nc(N2CCOCC2)c2cc(C(=O)O)sc2n1. The van der Waals surface area contributed by atoms with Gasteiger partial charge in [0.1, 0.15) is 15.5 Å². The molecule has 0 atom stereocenters. The van der Waals surface area contributed by atoms with Crippen LogP contribution in [0.2, 0.25) is 0 Å². The van der Waals surface area contributed by atoms with Crippen molar-refractivity contribution >= 4 is 45.1 Å². The van der Waals surface area contributed by atoms with E-state index < -0.39 is 5.97 Å². The van der Waals surface area contributed by atoms with Gasteiger partial charge in [-0.1, -0.05) is 11.8 Å². The summed E-state index contributed by atoms with van der Waals surface area (Å²) in [6.45, 7) is 2.85. The van der Waals surface area contributed by atoms with Gasteiger partial charge in [0.05, 0.1) is 18.6 Å². The van der Waals surface area contributed by atoms with Crippen molar-refractivity contribution in [1.82, 2.24) is 9.97 Å². The van der Waals surface area contributed by atoms with Crippen LogP contribution in [0.3, 0.4) is 0 Å². The number of hydrogen-bond donors (Lipinski definition) is 1. The van der Waals surface area contributed by atoms with Gasteiger partial charge < -0.3 is 14.7 Å². The molecule has 0 radical (unpaired) electrons. The summed E-state index contributed by atoms with van der Waals surface area (Å²) in [5.41, 5.74) is 0. The zero-order valence-corrected chi connectivity index (χ0v) is 12.5. The zero-order chi connectivity index (χ0) is 14.1. The van der Waals surface area contributed by atoms with Crippen LogP contribution in [0, 0.1) is 0 Å². The van der Waals surface area contributed by atoms with Crippen molar-refractivity contribution in [2.24, 2.45) is 0 Å². The minimum absolute atomic E-state index is 0.294. The number of aromatic carboxylic acids is 1. The number of nitrogens with zero attached hydrogens (tertiary/aromatic N) is 3. The summed E-state index contributed by atoms with van der Waals surface area (Å²) in [7, 11) is 0. The fraction of sp³-hybridized carbons (Fsp3) is 0.417. The van der Waals surface area contributed by atoms with E-state index in [1.165, 1.54) is 23.1 Å². The van der Waals surface area contributed by atoms with E-state index in [4.69, 9.17) is 9.84 Å². The second-order valence-corrected chi connectivity index (χ2v) is 6.07. The third kappa shape index (κ3) is 2.46. The molecule has 1 aliphatic heterocycles. The molecule has 2 aromatic heterocycles. The number of hydrogen-bond acceptors (Lipinski definition) is 7. The molecule has 0 spiro atoms. The van der Waals surface area contributed by atoms with Crippen molar-refractivity contribution in [2.75, 3.05) is 37.5 Å². The largest absolute Gasteiger partial charge is 0.477 e. The van der Waals surface area contributed by atoms with E-state index in [1.807, 2.05) is 6.26 Å². The topological polar surface area (TPSA) is 75.6 Å². The average Bonchev–Trinajstić information content (AvgIpc) is 2.91. The van der Waals surface area contributed by atoms with Crippen LogP contribution >= 0.6 is 23.1 Å². The molecule has 3 rings (SSSR count). The summed E-state index contributed by atoms with van der Waals surface area (Å²) in [5.74, 6) is -0.113. The number of fused-ring (bicyclic) bond motifs is 1. The first-order valence-electron chi connectivity index (χ1n) is 6.10. The van der Waals surface area contributed by atoms with Crippen molar-refractivity contribution in [2.45, 2.75) is 5.16 Å². The summed E-state index contributed by atoms with van der Waals surface area (Å²) in [4.78, 5) is 23.2. The molecule has 1 saturated heterocycles. The number of ether oxygens (including phenoxy) is 1. The lowest BCUT2D eigenvalue weighted by molar-refractivity contribution is 0.0702. The van der Waals surface area contributed by atoms with Crippen LogP contribution in [0.5, 0.6) is 0 Å². The van der Waals surface area contributed by atoms with Gasteiger partial charge in [-0.15, -0.1) is 11.3 Å². The van der Waals surface area contributed by atoms with E-state index in [9.17, 15) is 4.79 Å². The summed E-state index contributed by atoms with van der Waals surface area (Å²) < 4.78 is 5.35. The number of carboxylic acid groups (broad SMARTS) is 1. The molecule has 20 heavy (non-hydrogen) atoms. The molecule has 1 N–H and O–H groups in total. The van der Waals surface area contributed by atoms with Gasteiger partial charge in [-0.05, 0) is 12.3 Å². The van der Waals surface area contributed by atoms with Gasteiger partial charge in [-0.3, -0.25) is 0 Å². The average molecular weight is 311 g/mol. The third-order valence-corrected chi connectivity index (χ3v) is 4.62. The smallest absolute Gasteiger partial charge is 0.345 e. The van der Waals surface area contributed by atoms with Gasteiger partial charge in [0.25, 0.3) is 0 Å². The molecule has 0 unspecified atom stereocenters. The van der Waals surface area contributed by atoms with Crippen LogP contribution in [0.4, 0.5) is 5.82 Å². The number of thioether (sulfide) groups is 1. The summed E-state index contributed by atoms with van der Waals surface area (Å²) in [5, 5.41) is 10.6. The Balaban J connectivity index is 2.14. The Labute approximate surface area is 123 Å². The Morgan fingerprint density at radius 3 is 2.85 bits per heavy atom. The van der Waals surface area contributed by atoms with Crippen molar-refractivity contribution < 1.29 is 14.6 Å². The van der Waals surface area contributed by atoms with Crippen LogP contribution in [-0.4, -0.2) is 53.6 Å². The van der Waals surface area contributed by atoms with E-state index in [0.717, 1.165) is 29.1 Å². The first-order chi connectivity index (χ1) is 9.69. The van der Waals surface area contributed by atoms with Crippen molar-refractivity contribution in [3.05, 3.63) is 10.9 Å². The second-order valence-electron chi connectivity index (χ2n) is 4.27. The molecule has 0 saturated carbocycles. The molecule has 6 nitrogen and oxygen atoms in total. The standard InChI is InChI=1S/C12H13N3O3S2/c1-19-12-13-9(15-2-4-18-5-3-15)7-6-8(11(16)17)20-10(7)14-12/h6H,2-5H2,1H3,(H,16,17). The lowest BCUT2D eigenvalue weighted by Gasteiger charge is -2.28. The van der Waals surface area contributed by atoms with Crippen LogP contribution in [-0.2, 0) is 4.74 Å². The molecular formula is C12H13N3O3S2. The Hall–Kier alpha value is -1.38. The maximum absolute atomic E-state index is 11.1. The van der Waals surface area contributed by atoms with E-state index in [2.05, 4.69) is 14.9 Å². The molecule has 0 aliphatic carbocycles. The van der Waals surface area contributed by atoms with Crippen LogP contribution in [0.1, 0.15) is 9.67 Å². The quantitative estimate of drug-likeness (QED) is 0.686.